The zero-order valence-electron chi connectivity index (χ0n) is 11.3. The Kier molecular flexibility index (Phi) is 5.05. The van der Waals surface area contributed by atoms with E-state index in [1.54, 1.807) is 0 Å². The van der Waals surface area contributed by atoms with Gasteiger partial charge in [0.15, 0.2) is 0 Å². The first-order valence-corrected chi connectivity index (χ1v) is 7.25. The van der Waals surface area contributed by atoms with E-state index in [0.29, 0.717) is 6.10 Å². The molecule has 2 rings (SSSR count). The van der Waals surface area contributed by atoms with Crippen molar-refractivity contribution in [1.82, 2.24) is 5.32 Å². The number of hydrogen-bond acceptors (Lipinski definition) is 2. The molecule has 2 aliphatic rings. The molecule has 0 aromatic rings. The zero-order chi connectivity index (χ0) is 12.1. The fourth-order valence-electron chi connectivity index (χ4n) is 2.39. The highest BCUT2D eigenvalue weighted by Crippen LogP contribution is 2.25. The molecule has 2 nitrogen and oxygen atoms in total. The molecular formula is C15H27NO. The lowest BCUT2D eigenvalue weighted by Crippen LogP contribution is -2.26. The average molecular weight is 237 g/mol. The SMILES string of the molecule is CC(CCNC1CC1)OCC1CC=CCC1C. The molecule has 1 N–H and O–H groups in total. The van der Waals surface area contributed by atoms with Gasteiger partial charge >= 0.3 is 0 Å². The lowest BCUT2D eigenvalue weighted by atomic mass is 9.85. The number of ether oxygens (including phenoxy) is 1. The summed E-state index contributed by atoms with van der Waals surface area (Å²) in [6.07, 6.45) is 11.4. The van der Waals surface area contributed by atoms with Crippen LogP contribution in [0.2, 0.25) is 0 Å². The first-order chi connectivity index (χ1) is 8.25. The van der Waals surface area contributed by atoms with E-state index in [9.17, 15) is 0 Å². The van der Waals surface area contributed by atoms with E-state index in [-0.39, 0.29) is 0 Å². The Morgan fingerprint density at radius 1 is 1.29 bits per heavy atom. The van der Waals surface area contributed by atoms with Crippen LogP contribution in [0.5, 0.6) is 0 Å². The molecule has 0 spiro atoms. The molecule has 2 aliphatic carbocycles. The van der Waals surface area contributed by atoms with Crippen LogP contribution in [0, 0.1) is 11.8 Å². The molecule has 0 bridgehead atoms. The highest BCUT2D eigenvalue weighted by atomic mass is 16.5. The fraction of sp³-hybridized carbons (Fsp3) is 0.867. The van der Waals surface area contributed by atoms with Crippen molar-refractivity contribution < 1.29 is 4.74 Å². The highest BCUT2D eigenvalue weighted by Gasteiger charge is 2.21. The van der Waals surface area contributed by atoms with Gasteiger partial charge in [0.2, 0.25) is 0 Å². The van der Waals surface area contributed by atoms with Crippen LogP contribution in [-0.2, 0) is 4.74 Å². The topological polar surface area (TPSA) is 21.3 Å². The second-order valence-corrected chi connectivity index (χ2v) is 5.84. The maximum absolute atomic E-state index is 5.98. The zero-order valence-corrected chi connectivity index (χ0v) is 11.3. The molecule has 0 aliphatic heterocycles. The Balaban J connectivity index is 1.54. The molecule has 0 heterocycles. The van der Waals surface area contributed by atoms with E-state index in [1.165, 1.54) is 25.7 Å². The lowest BCUT2D eigenvalue weighted by molar-refractivity contribution is 0.0225. The van der Waals surface area contributed by atoms with Crippen molar-refractivity contribution in [2.75, 3.05) is 13.2 Å². The normalized spacial score (nSPS) is 30.5. The van der Waals surface area contributed by atoms with E-state index >= 15 is 0 Å². The molecule has 98 valence electrons. The summed E-state index contributed by atoms with van der Waals surface area (Å²) in [5, 5.41) is 3.54. The largest absolute Gasteiger partial charge is 0.378 e. The van der Waals surface area contributed by atoms with Gasteiger partial charge in [-0.25, -0.2) is 0 Å². The minimum absolute atomic E-state index is 0.402. The second-order valence-electron chi connectivity index (χ2n) is 5.84. The molecule has 3 unspecified atom stereocenters. The molecule has 3 atom stereocenters. The molecule has 0 aromatic heterocycles. The lowest BCUT2D eigenvalue weighted by Gasteiger charge is -2.26. The summed E-state index contributed by atoms with van der Waals surface area (Å²) in [6, 6.07) is 0.825. The van der Waals surface area contributed by atoms with Crippen molar-refractivity contribution in [2.45, 2.75) is 58.1 Å². The third kappa shape index (κ3) is 4.81. The van der Waals surface area contributed by atoms with Crippen LogP contribution in [0.25, 0.3) is 0 Å². The van der Waals surface area contributed by atoms with E-state index in [2.05, 4.69) is 31.3 Å². The summed E-state index contributed by atoms with van der Waals surface area (Å²) in [5.74, 6) is 1.52. The molecule has 0 aromatic carbocycles. The monoisotopic (exact) mass is 237 g/mol. The molecule has 2 heteroatoms. The molecular weight excluding hydrogens is 210 g/mol. The van der Waals surface area contributed by atoms with Gasteiger partial charge in [-0.3, -0.25) is 0 Å². The van der Waals surface area contributed by atoms with Gasteiger partial charge in [0.05, 0.1) is 12.7 Å². The Morgan fingerprint density at radius 2 is 2.06 bits per heavy atom. The fourth-order valence-corrected chi connectivity index (χ4v) is 2.39. The first kappa shape index (κ1) is 13.1. The van der Waals surface area contributed by atoms with Crippen LogP contribution in [0.15, 0.2) is 12.2 Å². The third-order valence-corrected chi connectivity index (χ3v) is 4.07. The summed E-state index contributed by atoms with van der Waals surface area (Å²) in [7, 11) is 0. The smallest absolute Gasteiger partial charge is 0.0559 e. The van der Waals surface area contributed by atoms with Crippen molar-refractivity contribution in [1.29, 1.82) is 0 Å². The molecule has 0 radical (unpaired) electrons. The van der Waals surface area contributed by atoms with Crippen LogP contribution >= 0.6 is 0 Å². The molecule has 17 heavy (non-hydrogen) atoms. The third-order valence-electron chi connectivity index (χ3n) is 4.07. The van der Waals surface area contributed by atoms with Crippen LogP contribution in [-0.4, -0.2) is 25.3 Å². The number of allylic oxidation sites excluding steroid dienone is 2. The minimum atomic E-state index is 0.402. The molecule has 0 saturated heterocycles. The van der Waals surface area contributed by atoms with E-state index < -0.39 is 0 Å². The Bertz CT molecular complexity index is 247. The Hall–Kier alpha value is -0.340. The van der Waals surface area contributed by atoms with Crippen LogP contribution in [0.1, 0.15) is 46.0 Å². The minimum Gasteiger partial charge on any atom is -0.378 e. The van der Waals surface area contributed by atoms with Gasteiger partial charge in [0.1, 0.15) is 0 Å². The van der Waals surface area contributed by atoms with Gasteiger partial charge < -0.3 is 10.1 Å². The van der Waals surface area contributed by atoms with Crippen molar-refractivity contribution in [3.63, 3.8) is 0 Å². The van der Waals surface area contributed by atoms with E-state index in [0.717, 1.165) is 37.5 Å². The Labute approximate surface area is 106 Å². The molecule has 1 saturated carbocycles. The van der Waals surface area contributed by atoms with E-state index in [4.69, 9.17) is 4.74 Å². The molecule has 0 amide bonds. The van der Waals surface area contributed by atoms with Gasteiger partial charge in [-0.2, -0.15) is 0 Å². The maximum atomic E-state index is 5.98. The summed E-state index contributed by atoms with van der Waals surface area (Å²) in [4.78, 5) is 0. The standard InChI is InChI=1S/C15H27NO/c1-12-5-3-4-6-14(12)11-17-13(2)9-10-16-15-7-8-15/h3-4,12-16H,5-11H2,1-2H3. The summed E-state index contributed by atoms with van der Waals surface area (Å²) < 4.78 is 5.98. The highest BCUT2D eigenvalue weighted by molar-refractivity contribution is 4.93. The van der Waals surface area contributed by atoms with Crippen molar-refractivity contribution in [3.05, 3.63) is 12.2 Å². The maximum Gasteiger partial charge on any atom is 0.0559 e. The van der Waals surface area contributed by atoms with E-state index in [1.807, 2.05) is 0 Å². The van der Waals surface area contributed by atoms with Gasteiger partial charge in [-0.05, 0) is 57.4 Å². The number of rotatable bonds is 7. The number of nitrogens with one attached hydrogen (secondary N) is 1. The van der Waals surface area contributed by atoms with Gasteiger partial charge in [-0.1, -0.05) is 19.1 Å². The van der Waals surface area contributed by atoms with Crippen molar-refractivity contribution in [3.8, 4) is 0 Å². The predicted molar refractivity (Wildman–Crippen MR) is 72.1 cm³/mol. The second kappa shape index (κ2) is 6.55. The molecule has 1 fully saturated rings. The number of hydrogen-bond donors (Lipinski definition) is 1. The van der Waals surface area contributed by atoms with Crippen molar-refractivity contribution in [2.24, 2.45) is 11.8 Å². The van der Waals surface area contributed by atoms with Gasteiger partial charge in [0, 0.05) is 6.04 Å². The van der Waals surface area contributed by atoms with Crippen LogP contribution in [0.4, 0.5) is 0 Å². The van der Waals surface area contributed by atoms with Crippen LogP contribution < -0.4 is 5.32 Å². The quantitative estimate of drug-likeness (QED) is 0.687. The summed E-state index contributed by atoms with van der Waals surface area (Å²) in [5.41, 5.74) is 0. The predicted octanol–water partition coefficient (Wildman–Crippen LogP) is 3.14. The first-order valence-electron chi connectivity index (χ1n) is 7.25. The summed E-state index contributed by atoms with van der Waals surface area (Å²) in [6.45, 7) is 6.61. The van der Waals surface area contributed by atoms with Gasteiger partial charge in [-0.15, -0.1) is 0 Å². The van der Waals surface area contributed by atoms with Crippen LogP contribution in [0.3, 0.4) is 0 Å². The van der Waals surface area contributed by atoms with Gasteiger partial charge in [0.25, 0.3) is 0 Å². The van der Waals surface area contributed by atoms with Crippen molar-refractivity contribution >= 4 is 0 Å². The summed E-state index contributed by atoms with van der Waals surface area (Å²) >= 11 is 0. The Morgan fingerprint density at radius 3 is 2.76 bits per heavy atom. The average Bonchev–Trinajstić information content (AvgIpc) is 3.12.